The van der Waals surface area contributed by atoms with E-state index in [0.717, 1.165) is 12.8 Å². The van der Waals surface area contributed by atoms with E-state index in [1.54, 1.807) is 12.1 Å². The fourth-order valence-corrected chi connectivity index (χ4v) is 4.18. The van der Waals surface area contributed by atoms with Crippen molar-refractivity contribution in [1.82, 2.24) is 30.0 Å². The van der Waals surface area contributed by atoms with Crippen LogP contribution in [0.4, 0.5) is 4.39 Å². The number of amides is 1. The SMILES string of the molecule is O=C(CSc1nnnn1C1CC1)N1CCN(Cc2c(F)cccc2Cl)CC1. The molecule has 2 fully saturated rings. The molecule has 10 heteroatoms. The van der Waals surface area contributed by atoms with Crippen molar-refractivity contribution in [3.8, 4) is 0 Å². The first kappa shape index (κ1) is 18.6. The van der Waals surface area contributed by atoms with Gasteiger partial charge >= 0.3 is 0 Å². The van der Waals surface area contributed by atoms with Crippen molar-refractivity contribution < 1.29 is 9.18 Å². The normalized spacial score (nSPS) is 18.1. The molecule has 1 aliphatic heterocycles. The minimum atomic E-state index is -0.286. The Labute approximate surface area is 165 Å². The maximum Gasteiger partial charge on any atom is 0.233 e. The van der Waals surface area contributed by atoms with Gasteiger partial charge in [-0.3, -0.25) is 9.69 Å². The Morgan fingerprint density at radius 1 is 1.26 bits per heavy atom. The molecule has 1 amide bonds. The van der Waals surface area contributed by atoms with E-state index in [1.165, 1.54) is 17.8 Å². The van der Waals surface area contributed by atoms with Gasteiger partial charge in [0.2, 0.25) is 11.1 Å². The topological polar surface area (TPSA) is 67.2 Å². The summed E-state index contributed by atoms with van der Waals surface area (Å²) in [6, 6.07) is 5.13. The number of hydrogen-bond donors (Lipinski definition) is 0. The summed E-state index contributed by atoms with van der Waals surface area (Å²) in [5.41, 5.74) is 0.515. The molecule has 0 atom stereocenters. The molecule has 1 saturated heterocycles. The molecule has 0 bridgehead atoms. The minimum absolute atomic E-state index is 0.0777. The van der Waals surface area contributed by atoms with Gasteiger partial charge in [-0.2, -0.15) is 0 Å². The summed E-state index contributed by atoms with van der Waals surface area (Å²) >= 11 is 7.49. The molecule has 7 nitrogen and oxygen atoms in total. The van der Waals surface area contributed by atoms with E-state index in [-0.39, 0.29) is 11.7 Å². The quantitative estimate of drug-likeness (QED) is 0.680. The number of thioether (sulfide) groups is 1. The largest absolute Gasteiger partial charge is 0.339 e. The number of carbonyl (C=O) groups is 1. The third kappa shape index (κ3) is 4.41. The van der Waals surface area contributed by atoms with Crippen molar-refractivity contribution in [3.63, 3.8) is 0 Å². The average molecular weight is 411 g/mol. The third-order valence-corrected chi connectivity index (χ3v) is 6.12. The van der Waals surface area contributed by atoms with E-state index in [0.29, 0.717) is 60.3 Å². The number of tetrazole rings is 1. The number of halogens is 2. The Morgan fingerprint density at radius 3 is 2.74 bits per heavy atom. The molecule has 4 rings (SSSR count). The van der Waals surface area contributed by atoms with E-state index in [4.69, 9.17) is 11.6 Å². The summed E-state index contributed by atoms with van der Waals surface area (Å²) in [5, 5.41) is 12.9. The zero-order chi connectivity index (χ0) is 18.8. The van der Waals surface area contributed by atoms with Crippen LogP contribution < -0.4 is 0 Å². The van der Waals surface area contributed by atoms with Gasteiger partial charge in [-0.05, 0) is 35.4 Å². The van der Waals surface area contributed by atoms with Gasteiger partial charge in [0.25, 0.3) is 0 Å². The predicted molar refractivity (Wildman–Crippen MR) is 100 cm³/mol. The van der Waals surface area contributed by atoms with Gasteiger partial charge in [0.1, 0.15) is 5.82 Å². The van der Waals surface area contributed by atoms with Crippen LogP contribution in [0.15, 0.2) is 23.4 Å². The molecular formula is C17H20ClFN6OS. The van der Waals surface area contributed by atoms with E-state index < -0.39 is 0 Å². The molecule has 1 aromatic heterocycles. The molecule has 144 valence electrons. The molecule has 2 aliphatic rings. The molecule has 2 aromatic rings. The van der Waals surface area contributed by atoms with E-state index in [1.807, 2.05) is 9.58 Å². The summed E-state index contributed by atoms with van der Waals surface area (Å²) in [5.74, 6) is 0.117. The lowest BCUT2D eigenvalue weighted by Crippen LogP contribution is -2.48. The fourth-order valence-electron chi connectivity index (χ4n) is 3.11. The molecule has 1 aliphatic carbocycles. The molecule has 0 radical (unpaired) electrons. The maximum atomic E-state index is 13.9. The number of piperazine rings is 1. The highest BCUT2D eigenvalue weighted by molar-refractivity contribution is 7.99. The van der Waals surface area contributed by atoms with Crippen LogP contribution in [0.5, 0.6) is 0 Å². The van der Waals surface area contributed by atoms with Crippen LogP contribution in [0.3, 0.4) is 0 Å². The molecule has 0 unspecified atom stereocenters. The summed E-state index contributed by atoms with van der Waals surface area (Å²) in [4.78, 5) is 16.5. The van der Waals surface area contributed by atoms with Gasteiger partial charge in [-0.15, -0.1) is 5.10 Å². The van der Waals surface area contributed by atoms with Gasteiger partial charge in [0, 0.05) is 43.3 Å². The van der Waals surface area contributed by atoms with Crippen LogP contribution in [-0.4, -0.2) is 67.8 Å². The lowest BCUT2D eigenvalue weighted by molar-refractivity contribution is -0.130. The maximum absolute atomic E-state index is 13.9. The number of hydrogen-bond acceptors (Lipinski definition) is 6. The lowest BCUT2D eigenvalue weighted by Gasteiger charge is -2.34. The van der Waals surface area contributed by atoms with Crippen LogP contribution in [0.1, 0.15) is 24.4 Å². The Hall–Kier alpha value is -1.71. The summed E-state index contributed by atoms with van der Waals surface area (Å²) in [6.45, 7) is 3.10. The highest BCUT2D eigenvalue weighted by Gasteiger charge is 2.29. The van der Waals surface area contributed by atoms with E-state index in [2.05, 4.69) is 20.4 Å². The summed E-state index contributed by atoms with van der Waals surface area (Å²) in [7, 11) is 0. The average Bonchev–Trinajstić information content (AvgIpc) is 3.41. The Bertz CT molecular complexity index is 801. The van der Waals surface area contributed by atoms with Gasteiger partial charge in [-0.1, -0.05) is 29.4 Å². The molecule has 1 aromatic carbocycles. The summed E-state index contributed by atoms with van der Waals surface area (Å²) < 4.78 is 15.8. The standard InChI is InChI=1S/C17H20ClFN6OS/c18-14-2-1-3-15(19)13(14)10-23-6-8-24(9-7-23)16(26)11-27-17-20-21-22-25(17)12-4-5-12/h1-3,12H,4-11H2. The Balaban J connectivity index is 1.26. The minimum Gasteiger partial charge on any atom is -0.339 e. The molecule has 0 spiro atoms. The second-order valence-electron chi connectivity index (χ2n) is 6.78. The Morgan fingerprint density at radius 2 is 2.04 bits per heavy atom. The smallest absolute Gasteiger partial charge is 0.233 e. The first-order chi connectivity index (χ1) is 13.1. The number of benzene rings is 1. The van der Waals surface area contributed by atoms with E-state index >= 15 is 0 Å². The van der Waals surface area contributed by atoms with Gasteiger partial charge in [0.15, 0.2) is 0 Å². The van der Waals surface area contributed by atoms with E-state index in [9.17, 15) is 9.18 Å². The zero-order valence-corrected chi connectivity index (χ0v) is 16.3. The molecule has 1 saturated carbocycles. The van der Waals surface area contributed by atoms with Gasteiger partial charge in [-0.25, -0.2) is 9.07 Å². The molecule has 0 N–H and O–H groups in total. The highest BCUT2D eigenvalue weighted by atomic mass is 35.5. The monoisotopic (exact) mass is 410 g/mol. The van der Waals surface area contributed by atoms with Crippen molar-refractivity contribution in [2.45, 2.75) is 30.6 Å². The predicted octanol–water partition coefficient (Wildman–Crippen LogP) is 2.24. The first-order valence-electron chi connectivity index (χ1n) is 8.95. The number of aromatic nitrogens is 4. The lowest BCUT2D eigenvalue weighted by atomic mass is 10.2. The summed E-state index contributed by atoms with van der Waals surface area (Å²) in [6.07, 6.45) is 2.20. The Kier molecular flexibility index (Phi) is 5.60. The van der Waals surface area contributed by atoms with Gasteiger partial charge in [0.05, 0.1) is 11.8 Å². The van der Waals surface area contributed by atoms with Crippen molar-refractivity contribution in [1.29, 1.82) is 0 Å². The molecule has 27 heavy (non-hydrogen) atoms. The van der Waals surface area contributed by atoms with Crippen molar-refractivity contribution >= 4 is 29.3 Å². The van der Waals surface area contributed by atoms with Crippen LogP contribution in [0, 0.1) is 5.82 Å². The van der Waals surface area contributed by atoms with Crippen molar-refractivity contribution in [2.24, 2.45) is 0 Å². The van der Waals surface area contributed by atoms with Crippen LogP contribution in [0.25, 0.3) is 0 Å². The van der Waals surface area contributed by atoms with Crippen LogP contribution in [0.2, 0.25) is 5.02 Å². The number of nitrogens with zero attached hydrogens (tertiary/aromatic N) is 6. The van der Waals surface area contributed by atoms with Crippen molar-refractivity contribution in [3.05, 3.63) is 34.6 Å². The molecular weight excluding hydrogens is 391 g/mol. The number of carbonyl (C=O) groups excluding carboxylic acids is 1. The second-order valence-corrected chi connectivity index (χ2v) is 8.13. The van der Waals surface area contributed by atoms with Gasteiger partial charge < -0.3 is 4.90 Å². The molecule has 2 heterocycles. The van der Waals surface area contributed by atoms with Crippen molar-refractivity contribution in [2.75, 3.05) is 31.9 Å². The first-order valence-corrected chi connectivity index (χ1v) is 10.3. The highest BCUT2D eigenvalue weighted by Crippen LogP contribution is 2.36. The third-order valence-electron chi connectivity index (χ3n) is 4.85. The second kappa shape index (κ2) is 8.12. The van der Waals surface area contributed by atoms with Crippen LogP contribution >= 0.6 is 23.4 Å². The number of rotatable bonds is 6. The zero-order valence-electron chi connectivity index (χ0n) is 14.7. The van der Waals surface area contributed by atoms with Crippen LogP contribution in [-0.2, 0) is 11.3 Å². The fraction of sp³-hybridized carbons (Fsp3) is 0.529.